The van der Waals surface area contributed by atoms with Crippen molar-refractivity contribution in [3.05, 3.63) is 94.1 Å². The number of hydrogen-bond acceptors (Lipinski definition) is 5. The molecule has 0 saturated carbocycles. The van der Waals surface area contributed by atoms with Gasteiger partial charge in [-0.2, -0.15) is 0 Å². The number of ether oxygens (including phenoxy) is 1. The van der Waals surface area contributed by atoms with Gasteiger partial charge in [-0.3, -0.25) is 9.78 Å². The maximum absolute atomic E-state index is 12.8. The smallest absolute Gasteiger partial charge is 0.258 e. The third kappa shape index (κ3) is 4.56. The monoisotopic (exact) mass is 468 g/mol. The van der Waals surface area contributed by atoms with E-state index in [4.69, 9.17) is 27.9 Å². The second-order valence-electron chi connectivity index (χ2n) is 7.00. The van der Waals surface area contributed by atoms with Gasteiger partial charge in [0.25, 0.3) is 5.91 Å². The number of hydrogen-bond donors (Lipinski definition) is 3. The van der Waals surface area contributed by atoms with Crippen LogP contribution in [0.4, 0.5) is 0 Å². The van der Waals surface area contributed by atoms with Crippen LogP contribution in [-0.4, -0.2) is 27.7 Å². The van der Waals surface area contributed by atoms with Crippen molar-refractivity contribution < 1.29 is 19.7 Å². The van der Waals surface area contributed by atoms with Gasteiger partial charge < -0.3 is 20.3 Å². The lowest BCUT2D eigenvalue weighted by Gasteiger charge is -2.23. The number of amides is 1. The van der Waals surface area contributed by atoms with Gasteiger partial charge in [0.1, 0.15) is 22.8 Å². The molecule has 0 fully saturated rings. The van der Waals surface area contributed by atoms with E-state index >= 15 is 0 Å². The molecule has 4 rings (SSSR count). The van der Waals surface area contributed by atoms with Crippen LogP contribution in [0.25, 0.3) is 10.9 Å². The first-order valence-electron chi connectivity index (χ1n) is 9.65. The number of rotatable bonds is 6. The number of phenolic OH excluding ortho intramolecular Hbond substituents is 2. The van der Waals surface area contributed by atoms with Crippen LogP contribution in [0, 0.1) is 0 Å². The number of benzene rings is 3. The lowest BCUT2D eigenvalue weighted by Crippen LogP contribution is -2.33. The molecule has 1 aromatic heterocycles. The first-order valence-corrected chi connectivity index (χ1v) is 10.4. The molecule has 0 aliphatic rings. The summed E-state index contributed by atoms with van der Waals surface area (Å²) in [6.45, 7) is -0.253. The average Bonchev–Trinajstić information content (AvgIpc) is 2.80. The molecule has 0 aliphatic carbocycles. The van der Waals surface area contributed by atoms with E-state index in [1.165, 1.54) is 18.3 Å². The molecule has 1 heterocycles. The molecule has 6 nitrogen and oxygen atoms in total. The maximum atomic E-state index is 12.8. The normalized spacial score (nSPS) is 11.8. The van der Waals surface area contributed by atoms with Gasteiger partial charge in [-0.15, -0.1) is 0 Å². The van der Waals surface area contributed by atoms with E-state index in [0.717, 1.165) is 0 Å². The quantitative estimate of drug-likeness (QED) is 0.360. The lowest BCUT2D eigenvalue weighted by molar-refractivity contribution is -0.123. The fourth-order valence-electron chi connectivity index (χ4n) is 3.37. The summed E-state index contributed by atoms with van der Waals surface area (Å²) in [6.07, 6.45) is 1.54. The number of pyridine rings is 1. The predicted octanol–water partition coefficient (Wildman–Crippen LogP) is 5.24. The molecule has 4 aromatic rings. The minimum atomic E-state index is -0.876. The Balaban J connectivity index is 1.72. The van der Waals surface area contributed by atoms with Gasteiger partial charge in [0.2, 0.25) is 0 Å². The van der Waals surface area contributed by atoms with Crippen molar-refractivity contribution >= 4 is 40.0 Å². The van der Waals surface area contributed by atoms with Crippen LogP contribution >= 0.6 is 23.2 Å². The Hall–Kier alpha value is -3.48. The number of aromatic nitrogens is 1. The fourth-order valence-corrected chi connectivity index (χ4v) is 3.92. The minimum Gasteiger partial charge on any atom is -0.508 e. The number of nitrogens with one attached hydrogen (secondary N) is 1. The zero-order chi connectivity index (χ0) is 22.7. The summed E-state index contributed by atoms with van der Waals surface area (Å²) < 4.78 is 5.53. The van der Waals surface area contributed by atoms with Crippen LogP contribution in [0.15, 0.2) is 72.9 Å². The van der Waals surface area contributed by atoms with E-state index in [9.17, 15) is 15.0 Å². The number of aromatic hydroxyl groups is 2. The summed E-state index contributed by atoms with van der Waals surface area (Å²) in [7, 11) is 0. The number of carbonyl (C=O) groups excluding carboxylic acids is 1. The molecule has 162 valence electrons. The first kappa shape index (κ1) is 21.7. The van der Waals surface area contributed by atoms with Gasteiger partial charge in [-0.05, 0) is 48.0 Å². The van der Waals surface area contributed by atoms with Crippen molar-refractivity contribution in [2.24, 2.45) is 0 Å². The summed E-state index contributed by atoms with van der Waals surface area (Å²) in [5, 5.41) is 24.7. The van der Waals surface area contributed by atoms with E-state index in [-0.39, 0.29) is 23.1 Å². The zero-order valence-corrected chi connectivity index (χ0v) is 18.1. The van der Waals surface area contributed by atoms with Crippen LogP contribution in [0.2, 0.25) is 10.0 Å². The Bertz CT molecular complexity index is 1280. The van der Waals surface area contributed by atoms with Crippen LogP contribution in [0.1, 0.15) is 17.2 Å². The van der Waals surface area contributed by atoms with E-state index in [1.54, 1.807) is 48.5 Å². The minimum absolute atomic E-state index is 0.0290. The highest BCUT2D eigenvalue weighted by atomic mass is 35.5. The van der Waals surface area contributed by atoms with E-state index < -0.39 is 11.9 Å². The maximum Gasteiger partial charge on any atom is 0.258 e. The number of carbonyl (C=O) groups is 1. The number of fused-ring (bicyclic) bond motifs is 1. The molecule has 0 spiro atoms. The van der Waals surface area contributed by atoms with Crippen LogP contribution in [0.5, 0.6) is 17.2 Å². The molecule has 3 aromatic carbocycles. The molecule has 1 amide bonds. The molecule has 0 aliphatic heterocycles. The van der Waals surface area contributed by atoms with Gasteiger partial charge in [-0.1, -0.05) is 47.5 Å². The Morgan fingerprint density at radius 2 is 1.75 bits per heavy atom. The Labute approximate surface area is 194 Å². The summed E-state index contributed by atoms with van der Waals surface area (Å²) in [5.74, 6) is -0.0654. The third-order valence-corrected chi connectivity index (χ3v) is 5.51. The molecule has 8 heteroatoms. The Morgan fingerprint density at radius 1 is 0.969 bits per heavy atom. The second kappa shape index (κ2) is 9.34. The fraction of sp³-hybridized carbons (Fsp3) is 0.0833. The lowest BCUT2D eigenvalue weighted by atomic mass is 9.96. The van der Waals surface area contributed by atoms with E-state index in [0.29, 0.717) is 32.8 Å². The predicted molar refractivity (Wildman–Crippen MR) is 123 cm³/mol. The van der Waals surface area contributed by atoms with E-state index in [2.05, 4.69) is 10.3 Å². The third-order valence-electron chi connectivity index (χ3n) is 4.87. The van der Waals surface area contributed by atoms with Gasteiger partial charge in [0.15, 0.2) is 6.61 Å². The largest absolute Gasteiger partial charge is 0.508 e. The summed E-state index contributed by atoms with van der Waals surface area (Å²) in [4.78, 5) is 17.0. The molecule has 1 atom stereocenters. The number of nitrogens with zero attached hydrogens (tertiary/aromatic N) is 1. The number of halogens is 2. The summed E-state index contributed by atoms with van der Waals surface area (Å²) in [6, 6.07) is 17.4. The van der Waals surface area contributed by atoms with Crippen molar-refractivity contribution in [2.45, 2.75) is 6.04 Å². The summed E-state index contributed by atoms with van der Waals surface area (Å²) in [5.41, 5.74) is 1.06. The first-order chi connectivity index (χ1) is 15.4. The van der Waals surface area contributed by atoms with Crippen molar-refractivity contribution in [1.82, 2.24) is 10.3 Å². The SMILES string of the molecule is O=C(COc1ccccc1)NC(c1ccc(O)cc1Cl)c1cc(Cl)c2cccnc2c1O. The highest BCUT2D eigenvalue weighted by molar-refractivity contribution is 6.35. The molecular formula is C24H18Cl2N2O4. The van der Waals surface area contributed by atoms with Crippen molar-refractivity contribution in [3.63, 3.8) is 0 Å². The molecular weight excluding hydrogens is 451 g/mol. The molecule has 3 N–H and O–H groups in total. The molecule has 0 bridgehead atoms. The van der Waals surface area contributed by atoms with Crippen molar-refractivity contribution in [1.29, 1.82) is 0 Å². The van der Waals surface area contributed by atoms with Crippen LogP contribution < -0.4 is 10.1 Å². The molecule has 32 heavy (non-hydrogen) atoms. The van der Waals surface area contributed by atoms with Gasteiger partial charge >= 0.3 is 0 Å². The number of phenols is 2. The van der Waals surface area contributed by atoms with E-state index in [1.807, 2.05) is 6.07 Å². The van der Waals surface area contributed by atoms with Crippen LogP contribution in [-0.2, 0) is 4.79 Å². The Kier molecular flexibility index (Phi) is 6.35. The summed E-state index contributed by atoms with van der Waals surface area (Å²) >= 11 is 12.8. The van der Waals surface area contributed by atoms with Crippen LogP contribution in [0.3, 0.4) is 0 Å². The second-order valence-corrected chi connectivity index (χ2v) is 7.82. The zero-order valence-electron chi connectivity index (χ0n) is 16.6. The van der Waals surface area contributed by atoms with Crippen molar-refractivity contribution in [2.75, 3.05) is 6.61 Å². The molecule has 0 radical (unpaired) electrons. The standard InChI is InChI=1S/C24H18Cl2N2O4/c25-19-11-14(29)8-9-17(19)22(28-21(30)13-32-15-5-2-1-3-6-15)18-12-20(26)16-7-4-10-27-23(16)24(18)31/h1-12,22,29,31H,13H2,(H,28,30). The highest BCUT2D eigenvalue weighted by Gasteiger charge is 2.25. The molecule has 0 saturated heterocycles. The highest BCUT2D eigenvalue weighted by Crippen LogP contribution is 2.40. The Morgan fingerprint density at radius 3 is 2.50 bits per heavy atom. The number of para-hydroxylation sites is 1. The van der Waals surface area contributed by atoms with Gasteiger partial charge in [0.05, 0.1) is 11.1 Å². The van der Waals surface area contributed by atoms with Gasteiger partial charge in [-0.25, -0.2) is 0 Å². The van der Waals surface area contributed by atoms with Crippen molar-refractivity contribution in [3.8, 4) is 17.2 Å². The topological polar surface area (TPSA) is 91.7 Å². The molecule has 1 unspecified atom stereocenters. The average molecular weight is 469 g/mol. The van der Waals surface area contributed by atoms with Gasteiger partial charge in [0, 0.05) is 22.2 Å².